The Labute approximate surface area is 91.1 Å². The molecule has 0 saturated heterocycles. The number of hydrogen-bond acceptors (Lipinski definition) is 5. The highest BCUT2D eigenvalue weighted by Gasteiger charge is 2.03. The van der Waals surface area contributed by atoms with E-state index in [0.29, 0.717) is 17.3 Å². The summed E-state index contributed by atoms with van der Waals surface area (Å²) in [6.45, 7) is 0.0777. The quantitative estimate of drug-likeness (QED) is 0.795. The number of hydrogen-bond donors (Lipinski definition) is 1. The van der Waals surface area contributed by atoms with Gasteiger partial charge in [0.25, 0.3) is 0 Å². The highest BCUT2D eigenvalue weighted by Crippen LogP contribution is 2.18. The Morgan fingerprint density at radius 1 is 1.64 bits per heavy atom. The van der Waals surface area contributed by atoms with Crippen molar-refractivity contribution in [2.45, 2.75) is 12.8 Å². The molecule has 0 saturated carbocycles. The molecule has 0 aliphatic heterocycles. The topological polar surface area (TPSA) is 82.3 Å². The third kappa shape index (κ3) is 4.87. The zero-order valence-corrected chi connectivity index (χ0v) is 9.53. The molecule has 2 N–H and O–H groups in total. The molecule has 0 aliphatic carbocycles. The first-order chi connectivity index (χ1) is 6.47. The van der Waals surface area contributed by atoms with E-state index in [0.717, 1.165) is 4.88 Å². The fourth-order valence-corrected chi connectivity index (χ4v) is 2.19. The summed E-state index contributed by atoms with van der Waals surface area (Å²) in [5.74, 6) is 0. The van der Waals surface area contributed by atoms with Gasteiger partial charge in [-0.05, 0) is 12.8 Å². The summed E-state index contributed by atoms with van der Waals surface area (Å²) >= 11 is 6.97. The summed E-state index contributed by atoms with van der Waals surface area (Å²) in [4.78, 5) is 4.84. The predicted molar refractivity (Wildman–Crippen MR) is 54.5 cm³/mol. The number of halogens is 1. The Hall–Kier alpha value is -0.210. The average molecular weight is 257 g/mol. The van der Waals surface area contributed by atoms with Crippen LogP contribution < -0.4 is 5.14 Å². The molecule has 14 heavy (non-hydrogen) atoms. The number of nitrogens with two attached hydrogens (primary N) is 1. The van der Waals surface area contributed by atoms with Crippen molar-refractivity contribution < 1.29 is 12.6 Å². The van der Waals surface area contributed by atoms with Crippen molar-refractivity contribution >= 4 is 33.2 Å². The van der Waals surface area contributed by atoms with Gasteiger partial charge < -0.3 is 0 Å². The third-order valence-electron chi connectivity index (χ3n) is 1.34. The van der Waals surface area contributed by atoms with Gasteiger partial charge in [0.2, 0.25) is 0 Å². The van der Waals surface area contributed by atoms with Gasteiger partial charge in [-0.15, -0.1) is 11.3 Å². The molecule has 0 spiro atoms. The molecule has 1 aromatic heterocycles. The van der Waals surface area contributed by atoms with Gasteiger partial charge in [-0.3, -0.25) is 4.18 Å². The van der Waals surface area contributed by atoms with Crippen molar-refractivity contribution in [2.75, 3.05) is 6.61 Å². The van der Waals surface area contributed by atoms with Crippen LogP contribution in [0.15, 0.2) is 6.20 Å². The molecule has 0 atom stereocenters. The molecule has 0 amide bonds. The fourth-order valence-electron chi connectivity index (χ4n) is 0.821. The van der Waals surface area contributed by atoms with Crippen LogP contribution in [0.1, 0.15) is 11.3 Å². The van der Waals surface area contributed by atoms with Gasteiger partial charge in [0.1, 0.15) is 0 Å². The summed E-state index contributed by atoms with van der Waals surface area (Å²) in [5.41, 5.74) is 0. The van der Waals surface area contributed by atoms with Gasteiger partial charge in [-0.2, -0.15) is 8.42 Å². The SMILES string of the molecule is NS(=O)(=O)OCCCc1cnc(Cl)s1. The third-order valence-corrected chi connectivity index (χ3v) is 3.01. The second-order valence-electron chi connectivity index (χ2n) is 2.50. The number of rotatable bonds is 5. The van der Waals surface area contributed by atoms with Crippen LogP contribution in [0.5, 0.6) is 0 Å². The normalized spacial score (nSPS) is 11.9. The minimum absolute atomic E-state index is 0.0777. The summed E-state index contributed by atoms with van der Waals surface area (Å²) in [6, 6.07) is 0. The first-order valence-corrected chi connectivity index (χ1v) is 6.41. The molecule has 0 aromatic carbocycles. The van der Waals surface area contributed by atoms with Crippen molar-refractivity contribution in [3.8, 4) is 0 Å². The van der Waals surface area contributed by atoms with Gasteiger partial charge in [-0.1, -0.05) is 11.6 Å². The van der Waals surface area contributed by atoms with E-state index >= 15 is 0 Å². The Bertz CT molecular complexity index is 390. The highest BCUT2D eigenvalue weighted by molar-refractivity contribution is 7.84. The predicted octanol–water partition coefficient (Wildman–Crippen LogP) is 0.949. The number of thiazole rings is 1. The molecule has 0 radical (unpaired) electrons. The largest absolute Gasteiger partial charge is 0.333 e. The Balaban J connectivity index is 2.23. The van der Waals surface area contributed by atoms with Crippen molar-refractivity contribution in [3.05, 3.63) is 15.5 Å². The van der Waals surface area contributed by atoms with Crippen LogP contribution in [0.25, 0.3) is 0 Å². The fraction of sp³-hybridized carbons (Fsp3) is 0.500. The number of aryl methyl sites for hydroxylation is 1. The first kappa shape index (κ1) is 11.9. The minimum atomic E-state index is -3.81. The molecular weight excluding hydrogens is 248 g/mol. The molecule has 1 rings (SSSR count). The van der Waals surface area contributed by atoms with Crippen molar-refractivity contribution in [2.24, 2.45) is 5.14 Å². The molecule has 0 fully saturated rings. The second-order valence-corrected chi connectivity index (χ2v) is 5.42. The van der Waals surface area contributed by atoms with Crippen molar-refractivity contribution in [1.82, 2.24) is 4.98 Å². The van der Waals surface area contributed by atoms with Gasteiger partial charge in [-0.25, -0.2) is 10.1 Å². The number of nitrogens with zero attached hydrogens (tertiary/aromatic N) is 1. The first-order valence-electron chi connectivity index (χ1n) is 3.75. The molecule has 8 heteroatoms. The van der Waals surface area contributed by atoms with Crippen molar-refractivity contribution in [1.29, 1.82) is 0 Å². The molecule has 0 bridgehead atoms. The lowest BCUT2D eigenvalue weighted by Gasteiger charge is -1.98. The van der Waals surface area contributed by atoms with Crippen LogP contribution in [0.4, 0.5) is 0 Å². The maximum Gasteiger partial charge on any atom is 0.333 e. The number of aromatic nitrogens is 1. The van der Waals surface area contributed by atoms with E-state index in [-0.39, 0.29) is 6.61 Å². The molecular formula is C6H9ClN2O3S2. The Morgan fingerprint density at radius 3 is 2.86 bits per heavy atom. The molecule has 0 aliphatic rings. The maximum atomic E-state index is 10.4. The summed E-state index contributed by atoms with van der Waals surface area (Å²) in [5, 5.41) is 4.64. The van der Waals surface area contributed by atoms with E-state index in [1.165, 1.54) is 11.3 Å². The summed E-state index contributed by atoms with van der Waals surface area (Å²) in [7, 11) is -3.81. The molecule has 5 nitrogen and oxygen atoms in total. The lowest BCUT2D eigenvalue weighted by Crippen LogP contribution is -2.16. The average Bonchev–Trinajstić information content (AvgIpc) is 2.44. The minimum Gasteiger partial charge on any atom is -0.258 e. The summed E-state index contributed by atoms with van der Waals surface area (Å²) in [6.07, 6.45) is 2.90. The van der Waals surface area contributed by atoms with Gasteiger partial charge in [0, 0.05) is 11.1 Å². The lowest BCUT2D eigenvalue weighted by atomic mass is 10.3. The van der Waals surface area contributed by atoms with E-state index in [2.05, 4.69) is 14.3 Å². The van der Waals surface area contributed by atoms with Gasteiger partial charge in [0.05, 0.1) is 6.61 Å². The van der Waals surface area contributed by atoms with Crippen LogP contribution in [0.2, 0.25) is 4.47 Å². The molecule has 1 aromatic rings. The molecule has 80 valence electrons. The van der Waals surface area contributed by atoms with Crippen LogP contribution in [-0.4, -0.2) is 20.0 Å². The van der Waals surface area contributed by atoms with E-state index < -0.39 is 10.3 Å². The maximum absolute atomic E-state index is 10.4. The molecule has 1 heterocycles. The highest BCUT2D eigenvalue weighted by atomic mass is 35.5. The standard InChI is InChI=1S/C6H9ClN2O3S2/c7-6-9-4-5(13-6)2-1-3-12-14(8,10)11/h4H,1-3H2,(H2,8,10,11). The van der Waals surface area contributed by atoms with Crippen LogP contribution >= 0.6 is 22.9 Å². The Kier molecular flexibility index (Phi) is 4.27. The van der Waals surface area contributed by atoms with Crippen molar-refractivity contribution in [3.63, 3.8) is 0 Å². The zero-order chi connectivity index (χ0) is 10.6. The lowest BCUT2D eigenvalue weighted by molar-refractivity contribution is 0.313. The summed E-state index contributed by atoms with van der Waals surface area (Å²) < 4.78 is 25.6. The second kappa shape index (κ2) is 5.04. The smallest absolute Gasteiger partial charge is 0.258 e. The van der Waals surface area contributed by atoms with Crippen LogP contribution in [0, 0.1) is 0 Å². The van der Waals surface area contributed by atoms with Gasteiger partial charge in [0.15, 0.2) is 4.47 Å². The van der Waals surface area contributed by atoms with E-state index in [1.807, 2.05) is 0 Å². The Morgan fingerprint density at radius 2 is 2.36 bits per heavy atom. The van der Waals surface area contributed by atoms with E-state index in [1.54, 1.807) is 6.20 Å². The molecule has 0 unspecified atom stereocenters. The monoisotopic (exact) mass is 256 g/mol. The van der Waals surface area contributed by atoms with Gasteiger partial charge >= 0.3 is 10.3 Å². The van der Waals surface area contributed by atoms with Crippen LogP contribution in [0.3, 0.4) is 0 Å². The van der Waals surface area contributed by atoms with E-state index in [9.17, 15) is 8.42 Å². The van der Waals surface area contributed by atoms with Crippen LogP contribution in [-0.2, 0) is 20.9 Å². The zero-order valence-electron chi connectivity index (χ0n) is 7.14. The van der Waals surface area contributed by atoms with E-state index in [4.69, 9.17) is 11.6 Å².